The van der Waals surface area contributed by atoms with E-state index in [0.717, 1.165) is 17.0 Å². The summed E-state index contributed by atoms with van der Waals surface area (Å²) in [6, 6.07) is 7.63. The van der Waals surface area contributed by atoms with Crippen LogP contribution in [-0.2, 0) is 6.42 Å². The number of carbonyl (C=O) groups excluding carboxylic acids is 2. The van der Waals surface area contributed by atoms with Gasteiger partial charge in [-0.2, -0.15) is 0 Å². The quantitative estimate of drug-likeness (QED) is 0.842. The van der Waals surface area contributed by atoms with Crippen LogP contribution < -0.4 is 5.73 Å². The minimum Gasteiger partial charge on any atom is -0.337 e. The van der Waals surface area contributed by atoms with Gasteiger partial charge in [-0.15, -0.1) is 23.7 Å². The summed E-state index contributed by atoms with van der Waals surface area (Å²) in [4.78, 5) is 33.4. The Labute approximate surface area is 169 Å². The van der Waals surface area contributed by atoms with E-state index in [1.807, 2.05) is 36.1 Å². The molecule has 0 radical (unpaired) electrons. The van der Waals surface area contributed by atoms with E-state index in [2.05, 4.69) is 4.98 Å². The van der Waals surface area contributed by atoms with Crippen molar-refractivity contribution in [3.05, 3.63) is 51.5 Å². The minimum absolute atomic E-state index is 0. The number of nitrogens with zero attached hydrogens (tertiary/aromatic N) is 3. The lowest BCUT2D eigenvalue weighted by Gasteiger charge is -2.22. The topological polar surface area (TPSA) is 79.5 Å². The number of thiazole rings is 1. The molecule has 1 aromatic heterocycles. The van der Waals surface area contributed by atoms with E-state index in [1.54, 1.807) is 10.3 Å². The lowest BCUT2D eigenvalue weighted by atomic mass is 10.1. The molecule has 2 amide bonds. The molecule has 0 spiro atoms. The number of carbonyl (C=O) groups is 2. The van der Waals surface area contributed by atoms with E-state index in [-0.39, 0.29) is 24.2 Å². The summed E-state index contributed by atoms with van der Waals surface area (Å²) in [6.45, 7) is 4.87. The summed E-state index contributed by atoms with van der Waals surface area (Å²) >= 11 is 1.47. The zero-order valence-corrected chi connectivity index (χ0v) is 17.0. The van der Waals surface area contributed by atoms with Crippen molar-refractivity contribution in [3.63, 3.8) is 0 Å². The molecule has 0 saturated carbocycles. The van der Waals surface area contributed by atoms with Crippen LogP contribution in [0.3, 0.4) is 0 Å². The molecule has 1 aliphatic rings. The molecule has 1 aliphatic heterocycles. The summed E-state index contributed by atoms with van der Waals surface area (Å²) < 4.78 is 0. The highest BCUT2D eigenvalue weighted by atomic mass is 35.5. The molecule has 0 unspecified atom stereocenters. The molecule has 8 heteroatoms. The first-order valence-corrected chi connectivity index (χ1v) is 9.76. The average Bonchev–Trinajstić information content (AvgIpc) is 2.96. The second-order valence-electron chi connectivity index (χ2n) is 6.47. The number of halogens is 1. The number of hydrogen-bond donors (Lipinski definition) is 1. The fourth-order valence-corrected chi connectivity index (χ4v) is 3.88. The Hall–Kier alpha value is -1.96. The largest absolute Gasteiger partial charge is 0.337 e. The van der Waals surface area contributed by atoms with Gasteiger partial charge >= 0.3 is 0 Å². The lowest BCUT2D eigenvalue weighted by molar-refractivity contribution is 0.0716. The number of benzene rings is 1. The molecule has 0 atom stereocenters. The molecule has 0 bridgehead atoms. The van der Waals surface area contributed by atoms with Crippen molar-refractivity contribution >= 4 is 35.6 Å². The minimum atomic E-state index is -0.0608. The third-order valence-electron chi connectivity index (χ3n) is 4.46. The SMILES string of the molecule is Cc1cccc(C(=O)N2CCCN(C(=O)c3csc(CCN)n3)CC2)c1.Cl. The van der Waals surface area contributed by atoms with Gasteiger partial charge in [0.05, 0.1) is 5.01 Å². The van der Waals surface area contributed by atoms with E-state index in [1.165, 1.54) is 11.3 Å². The molecule has 1 saturated heterocycles. The normalized spacial score (nSPS) is 14.4. The molecule has 6 nitrogen and oxygen atoms in total. The zero-order chi connectivity index (χ0) is 18.5. The molecule has 1 fully saturated rings. The van der Waals surface area contributed by atoms with Crippen molar-refractivity contribution in [2.24, 2.45) is 5.73 Å². The summed E-state index contributed by atoms with van der Waals surface area (Å²) in [5, 5.41) is 2.69. The number of aromatic nitrogens is 1. The van der Waals surface area contributed by atoms with Crippen LogP contribution in [0.4, 0.5) is 0 Å². The van der Waals surface area contributed by atoms with Crippen LogP contribution in [0.1, 0.15) is 37.8 Å². The van der Waals surface area contributed by atoms with Crippen molar-refractivity contribution in [1.29, 1.82) is 0 Å². The maximum Gasteiger partial charge on any atom is 0.273 e. The molecule has 0 aliphatic carbocycles. The van der Waals surface area contributed by atoms with E-state index in [9.17, 15) is 9.59 Å². The molecular formula is C19H25ClN4O2S. The maximum atomic E-state index is 12.7. The maximum absolute atomic E-state index is 12.7. The first-order valence-electron chi connectivity index (χ1n) is 8.88. The number of rotatable bonds is 4. The number of aryl methyl sites for hydroxylation is 1. The van der Waals surface area contributed by atoms with Gasteiger partial charge in [0, 0.05) is 43.5 Å². The Morgan fingerprint density at radius 1 is 1.15 bits per heavy atom. The number of hydrogen-bond acceptors (Lipinski definition) is 5. The Morgan fingerprint density at radius 3 is 2.52 bits per heavy atom. The molecule has 2 N–H and O–H groups in total. The summed E-state index contributed by atoms with van der Waals surface area (Å²) in [5.41, 5.74) is 7.80. The van der Waals surface area contributed by atoms with Crippen LogP contribution in [-0.4, -0.2) is 59.3 Å². The van der Waals surface area contributed by atoms with Crippen molar-refractivity contribution < 1.29 is 9.59 Å². The highest BCUT2D eigenvalue weighted by molar-refractivity contribution is 7.09. The van der Waals surface area contributed by atoms with Gasteiger partial charge in [-0.1, -0.05) is 17.7 Å². The van der Waals surface area contributed by atoms with Crippen LogP contribution >= 0.6 is 23.7 Å². The van der Waals surface area contributed by atoms with Gasteiger partial charge in [0.1, 0.15) is 5.69 Å². The van der Waals surface area contributed by atoms with Crippen LogP contribution in [0.5, 0.6) is 0 Å². The highest BCUT2D eigenvalue weighted by Gasteiger charge is 2.24. The Balaban J connectivity index is 0.00000261. The standard InChI is InChI=1S/C19H24N4O2S.ClH/c1-14-4-2-5-15(12-14)18(24)22-8-3-9-23(11-10-22)19(25)16-13-26-17(21-16)6-7-20;/h2,4-5,12-13H,3,6-11,20H2,1H3;1H. The summed E-state index contributed by atoms with van der Waals surface area (Å²) in [6.07, 6.45) is 1.46. The van der Waals surface area contributed by atoms with Gasteiger partial charge in [-0.3, -0.25) is 9.59 Å². The molecule has 146 valence electrons. The van der Waals surface area contributed by atoms with E-state index in [4.69, 9.17) is 5.73 Å². The molecule has 2 aromatic rings. The van der Waals surface area contributed by atoms with Gasteiger partial charge in [0.25, 0.3) is 11.8 Å². The highest BCUT2D eigenvalue weighted by Crippen LogP contribution is 2.15. The second-order valence-corrected chi connectivity index (χ2v) is 7.42. The number of amides is 2. The van der Waals surface area contributed by atoms with Crippen LogP contribution in [0.15, 0.2) is 29.6 Å². The molecule has 27 heavy (non-hydrogen) atoms. The van der Waals surface area contributed by atoms with Crippen molar-refractivity contribution in [1.82, 2.24) is 14.8 Å². The molecule has 1 aromatic carbocycles. The van der Waals surface area contributed by atoms with Crippen molar-refractivity contribution in [3.8, 4) is 0 Å². The van der Waals surface area contributed by atoms with Gasteiger partial charge in [-0.25, -0.2) is 4.98 Å². The van der Waals surface area contributed by atoms with Gasteiger partial charge < -0.3 is 15.5 Å². The monoisotopic (exact) mass is 408 g/mol. The third-order valence-corrected chi connectivity index (χ3v) is 5.37. The second kappa shape index (κ2) is 9.82. The fourth-order valence-electron chi connectivity index (χ4n) is 3.09. The summed E-state index contributed by atoms with van der Waals surface area (Å²) in [5.74, 6) is -0.0312. The van der Waals surface area contributed by atoms with Gasteiger partial charge in [-0.05, 0) is 32.0 Å². The Bertz CT molecular complexity index is 796. The van der Waals surface area contributed by atoms with Crippen LogP contribution in [0, 0.1) is 6.92 Å². The summed E-state index contributed by atoms with van der Waals surface area (Å²) in [7, 11) is 0. The average molecular weight is 409 g/mol. The predicted molar refractivity (Wildman–Crippen MR) is 110 cm³/mol. The van der Waals surface area contributed by atoms with Gasteiger partial charge in [0.15, 0.2) is 0 Å². The van der Waals surface area contributed by atoms with E-state index < -0.39 is 0 Å². The Morgan fingerprint density at radius 2 is 1.85 bits per heavy atom. The van der Waals surface area contributed by atoms with Crippen LogP contribution in [0.25, 0.3) is 0 Å². The number of nitrogens with two attached hydrogens (primary N) is 1. The fraction of sp³-hybridized carbons (Fsp3) is 0.421. The third kappa shape index (κ3) is 5.28. The predicted octanol–water partition coefficient (Wildman–Crippen LogP) is 2.36. The van der Waals surface area contributed by atoms with Gasteiger partial charge in [0.2, 0.25) is 0 Å². The first-order chi connectivity index (χ1) is 12.6. The van der Waals surface area contributed by atoms with Crippen molar-refractivity contribution in [2.75, 3.05) is 32.7 Å². The smallest absolute Gasteiger partial charge is 0.273 e. The van der Waals surface area contributed by atoms with Crippen molar-refractivity contribution in [2.45, 2.75) is 19.8 Å². The van der Waals surface area contributed by atoms with Crippen LogP contribution in [0.2, 0.25) is 0 Å². The van der Waals surface area contributed by atoms with E-state index in [0.29, 0.717) is 50.4 Å². The molecule has 3 rings (SSSR count). The Kier molecular flexibility index (Phi) is 7.77. The zero-order valence-electron chi connectivity index (χ0n) is 15.4. The molecule has 2 heterocycles. The lowest BCUT2D eigenvalue weighted by Crippen LogP contribution is -2.37. The first kappa shape index (κ1) is 21.3. The van der Waals surface area contributed by atoms with E-state index >= 15 is 0 Å². The molecular weight excluding hydrogens is 384 g/mol.